The van der Waals surface area contributed by atoms with Gasteiger partial charge < -0.3 is 9.84 Å². The van der Waals surface area contributed by atoms with Gasteiger partial charge in [0.05, 0.1) is 13.2 Å². The molecule has 3 rings (SSSR count). The van der Waals surface area contributed by atoms with E-state index in [0.29, 0.717) is 0 Å². The summed E-state index contributed by atoms with van der Waals surface area (Å²) in [5.74, 6) is 0.884. The van der Waals surface area contributed by atoms with E-state index in [4.69, 9.17) is 4.74 Å². The van der Waals surface area contributed by atoms with Crippen molar-refractivity contribution >= 4 is 33.6 Å². The molecule has 1 N–H and O–H groups in total. The minimum atomic E-state index is -0.508. The molecule has 0 radical (unpaired) electrons. The highest BCUT2D eigenvalue weighted by atomic mass is 32.1. The molecular weight excluding hydrogens is 232 g/mol. The SMILES string of the molecule is COc1cccc2sc3c(c12)=CC=CC(O)C=3. The number of ether oxygens (including phenoxy) is 1. The van der Waals surface area contributed by atoms with Gasteiger partial charge in [0.15, 0.2) is 0 Å². The molecule has 1 unspecified atom stereocenters. The van der Waals surface area contributed by atoms with Crippen LogP contribution in [-0.4, -0.2) is 18.3 Å². The summed E-state index contributed by atoms with van der Waals surface area (Å²) >= 11 is 1.68. The molecule has 0 fully saturated rings. The van der Waals surface area contributed by atoms with Gasteiger partial charge in [-0.25, -0.2) is 0 Å². The van der Waals surface area contributed by atoms with Crippen LogP contribution in [0, 0.1) is 0 Å². The number of rotatable bonds is 1. The first kappa shape index (κ1) is 10.6. The third-order valence-corrected chi connectivity index (χ3v) is 3.99. The molecule has 0 saturated heterocycles. The lowest BCUT2D eigenvalue weighted by molar-refractivity contribution is 0.286. The quantitative estimate of drug-likeness (QED) is 0.821. The average Bonchev–Trinajstić information content (AvgIpc) is 2.57. The van der Waals surface area contributed by atoms with Crippen molar-refractivity contribution in [3.63, 3.8) is 0 Å². The van der Waals surface area contributed by atoms with E-state index in [-0.39, 0.29) is 0 Å². The molecule has 1 aromatic heterocycles. The standard InChI is InChI=1S/C14H12O2S/c1-16-11-6-3-7-12-14(11)10-5-2-4-9(15)8-13(10)17-12/h2-9,15H,1H3. The van der Waals surface area contributed by atoms with Crippen LogP contribution in [0.1, 0.15) is 0 Å². The van der Waals surface area contributed by atoms with Gasteiger partial charge in [0, 0.05) is 19.8 Å². The summed E-state index contributed by atoms with van der Waals surface area (Å²) < 4.78 is 7.69. The average molecular weight is 244 g/mol. The molecule has 3 heteroatoms. The highest BCUT2D eigenvalue weighted by molar-refractivity contribution is 7.17. The van der Waals surface area contributed by atoms with Crippen molar-refractivity contribution < 1.29 is 9.84 Å². The van der Waals surface area contributed by atoms with Crippen LogP contribution in [-0.2, 0) is 0 Å². The van der Waals surface area contributed by atoms with Gasteiger partial charge >= 0.3 is 0 Å². The first-order valence-electron chi connectivity index (χ1n) is 5.43. The molecule has 0 amide bonds. The molecule has 17 heavy (non-hydrogen) atoms. The molecule has 2 nitrogen and oxygen atoms in total. The zero-order valence-electron chi connectivity index (χ0n) is 9.38. The lowest BCUT2D eigenvalue weighted by atomic mass is 10.2. The van der Waals surface area contributed by atoms with Gasteiger partial charge in [-0.05, 0) is 18.2 Å². The van der Waals surface area contributed by atoms with E-state index in [1.54, 1.807) is 24.5 Å². The van der Waals surface area contributed by atoms with Crippen LogP contribution < -0.4 is 14.5 Å². The zero-order chi connectivity index (χ0) is 11.8. The first-order chi connectivity index (χ1) is 8.29. The van der Waals surface area contributed by atoms with Gasteiger partial charge in [-0.15, -0.1) is 11.3 Å². The Hall–Kier alpha value is -1.58. The van der Waals surface area contributed by atoms with Crippen molar-refractivity contribution in [1.29, 1.82) is 0 Å². The molecule has 0 aliphatic heterocycles. The topological polar surface area (TPSA) is 29.5 Å². The Bertz CT molecular complexity index is 710. The molecule has 86 valence electrons. The molecule has 1 aliphatic carbocycles. The van der Waals surface area contributed by atoms with Crippen molar-refractivity contribution in [2.75, 3.05) is 7.11 Å². The van der Waals surface area contributed by atoms with E-state index >= 15 is 0 Å². The normalized spacial score (nSPS) is 18.1. The second kappa shape index (κ2) is 4.02. The molecule has 1 heterocycles. The van der Waals surface area contributed by atoms with Crippen molar-refractivity contribution in [1.82, 2.24) is 0 Å². The minimum absolute atomic E-state index is 0.508. The van der Waals surface area contributed by atoms with Crippen LogP contribution >= 0.6 is 11.3 Å². The monoisotopic (exact) mass is 244 g/mol. The fourth-order valence-electron chi connectivity index (χ4n) is 2.09. The summed E-state index contributed by atoms with van der Waals surface area (Å²) in [6, 6.07) is 6.03. The van der Waals surface area contributed by atoms with Crippen LogP contribution in [0.15, 0.2) is 30.4 Å². The largest absolute Gasteiger partial charge is 0.496 e. The van der Waals surface area contributed by atoms with Crippen LogP contribution in [0.4, 0.5) is 0 Å². The zero-order valence-corrected chi connectivity index (χ0v) is 10.2. The number of aliphatic hydroxyl groups excluding tert-OH is 1. The fraction of sp³-hybridized carbons (Fsp3) is 0.143. The molecule has 0 saturated carbocycles. The lowest BCUT2D eigenvalue weighted by Crippen LogP contribution is -2.19. The van der Waals surface area contributed by atoms with Gasteiger partial charge in [0.25, 0.3) is 0 Å². The second-order valence-corrected chi connectivity index (χ2v) is 5.01. The Kier molecular flexibility index (Phi) is 2.50. The Morgan fingerprint density at radius 3 is 3.06 bits per heavy atom. The van der Waals surface area contributed by atoms with E-state index in [0.717, 1.165) is 20.9 Å². The van der Waals surface area contributed by atoms with Gasteiger partial charge in [-0.3, -0.25) is 0 Å². The molecule has 2 aromatic rings. The summed E-state index contributed by atoms with van der Waals surface area (Å²) in [5, 5.41) is 12.0. The number of allylic oxidation sites excluding steroid dienone is 1. The van der Waals surface area contributed by atoms with Crippen molar-refractivity contribution in [2.24, 2.45) is 0 Å². The maximum Gasteiger partial charge on any atom is 0.128 e. The molecule has 0 spiro atoms. The van der Waals surface area contributed by atoms with E-state index in [1.807, 2.05) is 30.4 Å². The summed E-state index contributed by atoms with van der Waals surface area (Å²) in [7, 11) is 1.68. The maximum absolute atomic E-state index is 9.70. The van der Waals surface area contributed by atoms with Gasteiger partial charge in [0.2, 0.25) is 0 Å². The van der Waals surface area contributed by atoms with E-state index < -0.39 is 6.10 Å². The number of benzene rings is 1. The second-order valence-electron chi connectivity index (χ2n) is 3.92. The smallest absolute Gasteiger partial charge is 0.128 e. The number of methoxy groups -OCH3 is 1. The molecule has 1 atom stereocenters. The summed E-state index contributed by atoms with van der Waals surface area (Å²) in [6.45, 7) is 0. The summed E-state index contributed by atoms with van der Waals surface area (Å²) in [5.41, 5.74) is 0. The predicted molar refractivity (Wildman–Crippen MR) is 71.7 cm³/mol. The predicted octanol–water partition coefficient (Wildman–Crippen LogP) is 1.40. The number of fused-ring (bicyclic) bond motifs is 3. The van der Waals surface area contributed by atoms with E-state index in [9.17, 15) is 5.11 Å². The Labute approximate surface area is 103 Å². The Morgan fingerprint density at radius 2 is 2.24 bits per heavy atom. The van der Waals surface area contributed by atoms with Gasteiger partial charge in [0.1, 0.15) is 5.75 Å². The minimum Gasteiger partial charge on any atom is -0.496 e. The summed E-state index contributed by atoms with van der Waals surface area (Å²) in [6.07, 6.45) is 7.06. The van der Waals surface area contributed by atoms with Gasteiger partial charge in [-0.1, -0.05) is 24.3 Å². The van der Waals surface area contributed by atoms with Crippen LogP contribution in [0.25, 0.3) is 22.2 Å². The van der Waals surface area contributed by atoms with Crippen molar-refractivity contribution in [3.05, 3.63) is 40.1 Å². The number of thiophene rings is 1. The number of hydrogen-bond acceptors (Lipinski definition) is 3. The van der Waals surface area contributed by atoms with Crippen LogP contribution in [0.3, 0.4) is 0 Å². The highest BCUT2D eigenvalue weighted by Crippen LogP contribution is 2.24. The first-order valence-corrected chi connectivity index (χ1v) is 6.25. The summed E-state index contributed by atoms with van der Waals surface area (Å²) in [4.78, 5) is 0. The molecular formula is C14H12O2S. The third kappa shape index (κ3) is 1.68. The van der Waals surface area contributed by atoms with Crippen molar-refractivity contribution in [2.45, 2.75) is 6.10 Å². The van der Waals surface area contributed by atoms with E-state index in [1.165, 1.54) is 4.70 Å². The number of hydrogen-bond donors (Lipinski definition) is 1. The third-order valence-electron chi connectivity index (χ3n) is 2.86. The maximum atomic E-state index is 9.70. The fourth-order valence-corrected chi connectivity index (χ4v) is 3.28. The van der Waals surface area contributed by atoms with Gasteiger partial charge in [-0.2, -0.15) is 0 Å². The highest BCUT2D eigenvalue weighted by Gasteiger charge is 2.08. The number of aliphatic hydroxyl groups is 1. The lowest BCUT2D eigenvalue weighted by Gasteiger charge is -2.00. The molecule has 1 aromatic carbocycles. The molecule has 1 aliphatic rings. The van der Waals surface area contributed by atoms with Crippen LogP contribution in [0.2, 0.25) is 0 Å². The Balaban J connectivity index is 2.50. The van der Waals surface area contributed by atoms with E-state index in [2.05, 4.69) is 6.07 Å². The van der Waals surface area contributed by atoms with Crippen molar-refractivity contribution in [3.8, 4) is 5.75 Å². The van der Waals surface area contributed by atoms with Crippen LogP contribution in [0.5, 0.6) is 5.75 Å². The Morgan fingerprint density at radius 1 is 1.35 bits per heavy atom. The molecule has 0 bridgehead atoms.